The van der Waals surface area contributed by atoms with Crippen molar-refractivity contribution in [3.8, 4) is 0 Å². The van der Waals surface area contributed by atoms with Crippen molar-refractivity contribution in [3.63, 3.8) is 0 Å². The van der Waals surface area contributed by atoms with Gasteiger partial charge in [-0.2, -0.15) is 0 Å². The number of nitrogens with one attached hydrogen (secondary N) is 2. The van der Waals surface area contributed by atoms with E-state index >= 15 is 0 Å². The molecule has 0 radical (unpaired) electrons. The highest BCUT2D eigenvalue weighted by atomic mass is 35.5. The Kier molecular flexibility index (Phi) is 2.74. The minimum atomic E-state index is 0.707. The molecule has 0 atom stereocenters. The van der Waals surface area contributed by atoms with Crippen molar-refractivity contribution in [3.05, 3.63) is 46.7 Å². The first-order valence-electron chi connectivity index (χ1n) is 5.22. The quantitative estimate of drug-likeness (QED) is 0.753. The standard InChI is InChI=1S/C12H10ClN3S/c13-9-1-2-10-12(16-7-17-10)11(9)15-6-8-3-4-14-5-8/h1-5,7,14-15H,6H2. The third-order valence-corrected chi connectivity index (χ3v) is 3.69. The number of nitrogens with zero attached hydrogens (tertiary/aromatic N) is 1. The van der Waals surface area contributed by atoms with Gasteiger partial charge in [-0.3, -0.25) is 0 Å². The van der Waals surface area contributed by atoms with Crippen LogP contribution in [0.2, 0.25) is 5.02 Å². The Morgan fingerprint density at radius 2 is 2.29 bits per heavy atom. The van der Waals surface area contributed by atoms with E-state index in [9.17, 15) is 0 Å². The highest BCUT2D eigenvalue weighted by molar-refractivity contribution is 7.16. The summed E-state index contributed by atoms with van der Waals surface area (Å²) in [5.41, 5.74) is 4.88. The van der Waals surface area contributed by atoms with Crippen molar-refractivity contribution < 1.29 is 0 Å². The lowest BCUT2D eigenvalue weighted by atomic mass is 10.2. The van der Waals surface area contributed by atoms with Gasteiger partial charge in [0.2, 0.25) is 0 Å². The maximum Gasteiger partial charge on any atom is 0.106 e. The zero-order chi connectivity index (χ0) is 11.7. The van der Waals surface area contributed by atoms with Crippen LogP contribution < -0.4 is 5.32 Å². The lowest BCUT2D eigenvalue weighted by Crippen LogP contribution is -1.99. The van der Waals surface area contributed by atoms with Gasteiger partial charge in [-0.1, -0.05) is 11.6 Å². The predicted molar refractivity (Wildman–Crippen MR) is 72.7 cm³/mol. The Balaban J connectivity index is 1.93. The number of anilines is 1. The number of hydrogen-bond acceptors (Lipinski definition) is 3. The van der Waals surface area contributed by atoms with Gasteiger partial charge in [-0.15, -0.1) is 11.3 Å². The van der Waals surface area contributed by atoms with Gasteiger partial charge in [-0.25, -0.2) is 4.98 Å². The third-order valence-electron chi connectivity index (χ3n) is 2.58. The van der Waals surface area contributed by atoms with Crippen LogP contribution in [0.5, 0.6) is 0 Å². The first-order valence-corrected chi connectivity index (χ1v) is 6.47. The predicted octanol–water partition coefficient (Wildman–Crippen LogP) is 3.89. The van der Waals surface area contributed by atoms with E-state index in [2.05, 4.69) is 15.3 Å². The van der Waals surface area contributed by atoms with Crippen LogP contribution in [0.25, 0.3) is 10.2 Å². The zero-order valence-corrected chi connectivity index (χ0v) is 10.5. The van der Waals surface area contributed by atoms with Crippen molar-refractivity contribution in [1.82, 2.24) is 9.97 Å². The molecular weight excluding hydrogens is 254 g/mol. The van der Waals surface area contributed by atoms with E-state index in [-0.39, 0.29) is 0 Å². The molecule has 0 aliphatic carbocycles. The number of thiazole rings is 1. The lowest BCUT2D eigenvalue weighted by Gasteiger charge is -2.07. The molecule has 86 valence electrons. The van der Waals surface area contributed by atoms with Crippen LogP contribution in [0.4, 0.5) is 5.69 Å². The molecule has 0 unspecified atom stereocenters. The van der Waals surface area contributed by atoms with E-state index in [0.29, 0.717) is 5.02 Å². The summed E-state index contributed by atoms with van der Waals surface area (Å²) in [6.45, 7) is 0.736. The fraction of sp³-hybridized carbons (Fsp3) is 0.0833. The van der Waals surface area contributed by atoms with Gasteiger partial charge in [0.15, 0.2) is 0 Å². The smallest absolute Gasteiger partial charge is 0.106 e. The van der Waals surface area contributed by atoms with Crippen molar-refractivity contribution >= 4 is 38.8 Å². The number of halogens is 1. The molecule has 0 spiro atoms. The Hall–Kier alpha value is -1.52. The van der Waals surface area contributed by atoms with Crippen LogP contribution >= 0.6 is 22.9 Å². The molecule has 3 rings (SSSR count). The second-order valence-corrected chi connectivity index (χ2v) is 4.99. The summed E-state index contributed by atoms with van der Waals surface area (Å²) in [7, 11) is 0. The largest absolute Gasteiger partial charge is 0.378 e. The fourth-order valence-corrected chi connectivity index (χ4v) is 2.64. The minimum absolute atomic E-state index is 0.707. The number of hydrogen-bond donors (Lipinski definition) is 2. The Bertz CT molecular complexity index is 630. The first-order chi connectivity index (χ1) is 8.34. The van der Waals surface area contributed by atoms with E-state index in [0.717, 1.165) is 22.4 Å². The van der Waals surface area contributed by atoms with Gasteiger partial charge in [-0.05, 0) is 23.8 Å². The molecule has 5 heteroatoms. The van der Waals surface area contributed by atoms with E-state index in [4.69, 9.17) is 11.6 Å². The molecule has 0 saturated heterocycles. The van der Waals surface area contributed by atoms with E-state index < -0.39 is 0 Å². The summed E-state index contributed by atoms with van der Waals surface area (Å²) in [6.07, 6.45) is 3.87. The number of aromatic amines is 1. The molecule has 0 aliphatic heterocycles. The summed E-state index contributed by atoms with van der Waals surface area (Å²) in [4.78, 5) is 7.37. The summed E-state index contributed by atoms with van der Waals surface area (Å²) in [6, 6.07) is 5.93. The SMILES string of the molecule is Clc1ccc2scnc2c1NCc1cc[nH]c1. The van der Waals surface area contributed by atoms with Crippen LogP contribution in [0.3, 0.4) is 0 Å². The third kappa shape index (κ3) is 2.01. The van der Waals surface area contributed by atoms with Crippen molar-refractivity contribution in [2.45, 2.75) is 6.54 Å². The Labute approximate surface area is 107 Å². The maximum absolute atomic E-state index is 6.19. The van der Waals surface area contributed by atoms with E-state index in [1.54, 1.807) is 11.3 Å². The molecule has 3 nitrogen and oxygen atoms in total. The molecule has 17 heavy (non-hydrogen) atoms. The number of fused-ring (bicyclic) bond motifs is 1. The normalized spacial score (nSPS) is 10.9. The number of aromatic nitrogens is 2. The van der Waals surface area contributed by atoms with Crippen molar-refractivity contribution in [2.75, 3.05) is 5.32 Å². The topological polar surface area (TPSA) is 40.7 Å². The van der Waals surface area contributed by atoms with Gasteiger partial charge in [0.05, 0.1) is 20.9 Å². The van der Waals surface area contributed by atoms with Crippen LogP contribution in [0.15, 0.2) is 36.1 Å². The van der Waals surface area contributed by atoms with Crippen LogP contribution in [0, 0.1) is 0 Å². The molecule has 0 fully saturated rings. The van der Waals surface area contributed by atoms with Crippen LogP contribution in [-0.2, 0) is 6.54 Å². The molecule has 2 heterocycles. The first kappa shape index (κ1) is 10.6. The molecule has 2 N–H and O–H groups in total. The van der Waals surface area contributed by atoms with Crippen molar-refractivity contribution in [2.24, 2.45) is 0 Å². The van der Waals surface area contributed by atoms with Gasteiger partial charge >= 0.3 is 0 Å². The fourth-order valence-electron chi connectivity index (χ4n) is 1.73. The van der Waals surface area contributed by atoms with E-state index in [1.165, 1.54) is 5.56 Å². The molecule has 1 aromatic carbocycles. The zero-order valence-electron chi connectivity index (χ0n) is 8.90. The molecule has 3 aromatic rings. The minimum Gasteiger partial charge on any atom is -0.378 e. The van der Waals surface area contributed by atoms with Crippen molar-refractivity contribution in [1.29, 1.82) is 0 Å². The molecule has 0 bridgehead atoms. The molecule has 0 amide bonds. The highest BCUT2D eigenvalue weighted by Crippen LogP contribution is 2.32. The van der Waals surface area contributed by atoms with Crippen LogP contribution in [0.1, 0.15) is 5.56 Å². The summed E-state index contributed by atoms with van der Waals surface area (Å²) in [5, 5.41) is 4.04. The summed E-state index contributed by atoms with van der Waals surface area (Å²) >= 11 is 7.81. The Morgan fingerprint density at radius 1 is 1.35 bits per heavy atom. The molecule has 2 aromatic heterocycles. The average molecular weight is 264 g/mol. The number of rotatable bonds is 3. The van der Waals surface area contributed by atoms with Crippen LogP contribution in [-0.4, -0.2) is 9.97 Å². The summed E-state index contributed by atoms with van der Waals surface area (Å²) in [5.74, 6) is 0. The molecule has 0 saturated carbocycles. The van der Waals surface area contributed by atoms with Gasteiger partial charge in [0.25, 0.3) is 0 Å². The highest BCUT2D eigenvalue weighted by Gasteiger charge is 2.08. The molecule has 0 aliphatic rings. The second kappa shape index (κ2) is 4.39. The summed E-state index contributed by atoms with van der Waals surface area (Å²) < 4.78 is 1.14. The molecular formula is C12H10ClN3S. The second-order valence-electron chi connectivity index (χ2n) is 3.69. The van der Waals surface area contributed by atoms with Gasteiger partial charge in [0.1, 0.15) is 5.52 Å². The maximum atomic E-state index is 6.19. The lowest BCUT2D eigenvalue weighted by molar-refractivity contribution is 1.16. The number of benzene rings is 1. The number of H-pyrrole nitrogens is 1. The average Bonchev–Trinajstić information content (AvgIpc) is 2.97. The van der Waals surface area contributed by atoms with Gasteiger partial charge in [0, 0.05) is 18.9 Å². The Morgan fingerprint density at radius 3 is 3.12 bits per heavy atom. The monoisotopic (exact) mass is 263 g/mol. The van der Waals surface area contributed by atoms with E-state index in [1.807, 2.05) is 36.1 Å². The van der Waals surface area contributed by atoms with Gasteiger partial charge < -0.3 is 10.3 Å².